The van der Waals surface area contributed by atoms with Crippen molar-refractivity contribution in [1.82, 2.24) is 5.32 Å². The summed E-state index contributed by atoms with van der Waals surface area (Å²) in [4.78, 5) is 13.0. The first kappa shape index (κ1) is 7.68. The number of alkyl carbamates (subject to hydrolysis) is 1. The third kappa shape index (κ3) is 2.35. The maximum atomic E-state index is 10.4. The van der Waals surface area contributed by atoms with Crippen molar-refractivity contribution in [3.8, 4) is 0 Å². The second-order valence-electron chi connectivity index (χ2n) is 2.15. The monoisotopic (exact) mass is 156 g/mol. The highest BCUT2D eigenvalue weighted by atomic mass is 16.6. The van der Waals surface area contributed by atoms with Gasteiger partial charge in [-0.05, 0) is 12.0 Å². The van der Waals surface area contributed by atoms with Crippen LogP contribution in [0.2, 0.25) is 0 Å². The zero-order valence-corrected chi connectivity index (χ0v) is 5.86. The summed E-state index contributed by atoms with van der Waals surface area (Å²) in [6.07, 6.45) is 0.0620. The molecule has 1 N–H and O–H groups in total. The molecule has 0 aromatic heterocycles. The molecular weight excluding hydrogens is 148 g/mol. The van der Waals surface area contributed by atoms with Crippen LogP contribution in [0.15, 0.2) is 5.11 Å². The van der Waals surface area contributed by atoms with Gasteiger partial charge in [-0.2, -0.15) is 0 Å². The molecular formula is C5H8N4O2. The molecule has 1 fully saturated rings. The summed E-state index contributed by atoms with van der Waals surface area (Å²) in [5, 5.41) is 5.82. The first-order valence-corrected chi connectivity index (χ1v) is 3.28. The molecule has 60 valence electrons. The number of ether oxygens (including phenoxy) is 1. The standard InChI is InChI=1S/C5H8N4O2/c6-9-8-2-1-4-3-7-5(10)11-4/h4H,1-3H2,(H,7,10). The molecule has 1 rings (SSSR count). The average molecular weight is 156 g/mol. The van der Waals surface area contributed by atoms with Gasteiger partial charge in [0.2, 0.25) is 0 Å². The van der Waals surface area contributed by atoms with Gasteiger partial charge in [0.25, 0.3) is 0 Å². The van der Waals surface area contributed by atoms with E-state index in [1.165, 1.54) is 0 Å². The number of nitrogens with zero attached hydrogens (tertiary/aromatic N) is 3. The summed E-state index contributed by atoms with van der Waals surface area (Å²) in [6, 6.07) is 0. The number of azide groups is 1. The Morgan fingerprint density at radius 1 is 1.91 bits per heavy atom. The van der Waals surface area contributed by atoms with Gasteiger partial charge in [0.05, 0.1) is 6.54 Å². The highest BCUT2D eigenvalue weighted by Crippen LogP contribution is 2.04. The van der Waals surface area contributed by atoms with Crippen LogP contribution in [0.5, 0.6) is 0 Å². The molecule has 1 amide bonds. The molecule has 0 aliphatic carbocycles. The largest absolute Gasteiger partial charge is 0.444 e. The maximum Gasteiger partial charge on any atom is 0.407 e. The molecule has 0 spiro atoms. The van der Waals surface area contributed by atoms with E-state index in [1.807, 2.05) is 0 Å². The van der Waals surface area contributed by atoms with Gasteiger partial charge in [-0.15, -0.1) is 0 Å². The first-order valence-electron chi connectivity index (χ1n) is 3.28. The van der Waals surface area contributed by atoms with E-state index in [9.17, 15) is 4.79 Å². The van der Waals surface area contributed by atoms with Gasteiger partial charge in [0.1, 0.15) is 6.10 Å². The zero-order valence-electron chi connectivity index (χ0n) is 5.86. The molecule has 0 aromatic rings. The minimum Gasteiger partial charge on any atom is -0.444 e. The predicted molar refractivity (Wildman–Crippen MR) is 36.9 cm³/mol. The Bertz CT molecular complexity index is 199. The highest BCUT2D eigenvalue weighted by Gasteiger charge is 2.20. The summed E-state index contributed by atoms with van der Waals surface area (Å²) in [5.41, 5.74) is 7.93. The van der Waals surface area contributed by atoms with E-state index in [2.05, 4.69) is 15.3 Å². The van der Waals surface area contributed by atoms with E-state index >= 15 is 0 Å². The van der Waals surface area contributed by atoms with Crippen LogP contribution in [-0.2, 0) is 4.74 Å². The van der Waals surface area contributed by atoms with Crippen LogP contribution in [0.4, 0.5) is 4.79 Å². The average Bonchev–Trinajstić information content (AvgIpc) is 2.37. The van der Waals surface area contributed by atoms with Crippen LogP contribution >= 0.6 is 0 Å². The van der Waals surface area contributed by atoms with E-state index in [4.69, 9.17) is 10.3 Å². The van der Waals surface area contributed by atoms with Gasteiger partial charge in [-0.25, -0.2) is 4.79 Å². The normalized spacial score (nSPS) is 21.8. The van der Waals surface area contributed by atoms with Crippen LogP contribution in [0, 0.1) is 0 Å². The van der Waals surface area contributed by atoms with Crippen molar-refractivity contribution >= 4 is 6.09 Å². The van der Waals surface area contributed by atoms with Crippen LogP contribution in [0.3, 0.4) is 0 Å². The third-order valence-electron chi connectivity index (χ3n) is 1.36. The molecule has 1 aliphatic rings. The van der Waals surface area contributed by atoms with Crippen molar-refractivity contribution in [2.24, 2.45) is 5.11 Å². The number of cyclic esters (lactones) is 1. The number of hydrogen-bond acceptors (Lipinski definition) is 3. The van der Waals surface area contributed by atoms with Crippen molar-refractivity contribution in [2.75, 3.05) is 13.1 Å². The Kier molecular flexibility index (Phi) is 2.57. The molecule has 0 aromatic carbocycles. The van der Waals surface area contributed by atoms with E-state index in [1.54, 1.807) is 0 Å². The lowest BCUT2D eigenvalue weighted by Gasteiger charge is -2.02. The maximum absolute atomic E-state index is 10.4. The number of nitrogens with one attached hydrogen (secondary N) is 1. The summed E-state index contributed by atoms with van der Waals surface area (Å²) in [7, 11) is 0. The highest BCUT2D eigenvalue weighted by molar-refractivity contribution is 5.69. The summed E-state index contributed by atoms with van der Waals surface area (Å²) >= 11 is 0. The SMILES string of the molecule is [N-]=[N+]=NCCC1CNC(=O)O1. The lowest BCUT2D eigenvalue weighted by molar-refractivity contribution is 0.137. The smallest absolute Gasteiger partial charge is 0.407 e. The van der Waals surface area contributed by atoms with Gasteiger partial charge < -0.3 is 10.1 Å². The zero-order chi connectivity index (χ0) is 8.10. The van der Waals surface area contributed by atoms with Crippen LogP contribution in [0.25, 0.3) is 10.4 Å². The number of rotatable bonds is 3. The molecule has 6 nitrogen and oxygen atoms in total. The summed E-state index contributed by atoms with van der Waals surface area (Å²) < 4.78 is 4.77. The Hall–Kier alpha value is -1.42. The number of carbonyl (C=O) groups is 1. The Morgan fingerprint density at radius 2 is 2.73 bits per heavy atom. The van der Waals surface area contributed by atoms with Gasteiger partial charge in [-0.1, -0.05) is 5.11 Å². The van der Waals surface area contributed by atoms with Crippen LogP contribution in [0.1, 0.15) is 6.42 Å². The Balaban J connectivity index is 2.18. The van der Waals surface area contributed by atoms with E-state index in [0.29, 0.717) is 19.5 Å². The Labute approximate surface area is 63.2 Å². The fraction of sp³-hybridized carbons (Fsp3) is 0.800. The topological polar surface area (TPSA) is 87.1 Å². The molecule has 1 atom stereocenters. The number of amides is 1. The summed E-state index contributed by atoms with van der Waals surface area (Å²) in [6.45, 7) is 0.885. The van der Waals surface area contributed by atoms with Crippen molar-refractivity contribution < 1.29 is 9.53 Å². The van der Waals surface area contributed by atoms with Crippen LogP contribution in [-0.4, -0.2) is 25.3 Å². The molecule has 1 unspecified atom stereocenters. The summed E-state index contributed by atoms with van der Waals surface area (Å²) in [5.74, 6) is 0. The number of hydrogen-bond donors (Lipinski definition) is 1. The molecule has 1 heterocycles. The minimum absolute atomic E-state index is 0.131. The van der Waals surface area contributed by atoms with Crippen molar-refractivity contribution in [3.05, 3.63) is 10.4 Å². The fourth-order valence-corrected chi connectivity index (χ4v) is 0.839. The quantitative estimate of drug-likeness (QED) is 0.372. The fourth-order valence-electron chi connectivity index (χ4n) is 0.839. The van der Waals surface area contributed by atoms with Crippen molar-refractivity contribution in [3.63, 3.8) is 0 Å². The van der Waals surface area contributed by atoms with Gasteiger partial charge in [0, 0.05) is 11.5 Å². The van der Waals surface area contributed by atoms with E-state index in [0.717, 1.165) is 0 Å². The molecule has 1 aliphatic heterocycles. The molecule has 0 radical (unpaired) electrons. The molecule has 0 bridgehead atoms. The van der Waals surface area contributed by atoms with Crippen molar-refractivity contribution in [1.29, 1.82) is 0 Å². The van der Waals surface area contributed by atoms with E-state index in [-0.39, 0.29) is 6.10 Å². The Morgan fingerprint density at radius 3 is 3.27 bits per heavy atom. The first-order chi connectivity index (χ1) is 5.33. The minimum atomic E-state index is -0.393. The van der Waals surface area contributed by atoms with Crippen LogP contribution < -0.4 is 5.32 Å². The molecule has 6 heteroatoms. The number of carbonyl (C=O) groups excluding carboxylic acids is 1. The van der Waals surface area contributed by atoms with Gasteiger partial charge >= 0.3 is 6.09 Å². The second-order valence-corrected chi connectivity index (χ2v) is 2.15. The lowest BCUT2D eigenvalue weighted by atomic mass is 10.3. The van der Waals surface area contributed by atoms with E-state index < -0.39 is 6.09 Å². The predicted octanol–water partition coefficient (Wildman–Crippen LogP) is 0.795. The lowest BCUT2D eigenvalue weighted by Crippen LogP contribution is -2.15. The molecule has 1 saturated heterocycles. The molecule has 0 saturated carbocycles. The van der Waals surface area contributed by atoms with Crippen molar-refractivity contribution in [2.45, 2.75) is 12.5 Å². The molecule has 11 heavy (non-hydrogen) atoms. The third-order valence-corrected chi connectivity index (χ3v) is 1.36. The van der Waals surface area contributed by atoms with Gasteiger partial charge in [-0.3, -0.25) is 0 Å². The second kappa shape index (κ2) is 3.68. The van der Waals surface area contributed by atoms with Gasteiger partial charge in [0.15, 0.2) is 0 Å².